The fourth-order valence-electron chi connectivity index (χ4n) is 1.93. The highest BCUT2D eigenvalue weighted by Gasteiger charge is 2.18. The van der Waals surface area contributed by atoms with Gasteiger partial charge < -0.3 is 24.2 Å². The van der Waals surface area contributed by atoms with Crippen molar-refractivity contribution in [2.45, 2.75) is 21.3 Å². The van der Waals surface area contributed by atoms with Crippen molar-refractivity contribution in [3.8, 4) is 17.2 Å². The molecule has 3 rings (SSSR count). The largest absolute Gasteiger partial charge is 0.504 e. The minimum atomic E-state index is -0.519. The van der Waals surface area contributed by atoms with Crippen LogP contribution in [0, 0.1) is 0 Å². The molecule has 0 amide bonds. The van der Waals surface area contributed by atoms with Gasteiger partial charge in [-0.05, 0) is 30.3 Å². The normalized spacial score (nSPS) is 11.0. The van der Waals surface area contributed by atoms with Crippen LogP contribution in [0.1, 0.15) is 11.5 Å². The van der Waals surface area contributed by atoms with Gasteiger partial charge in [0.05, 0.1) is 28.9 Å². The van der Waals surface area contributed by atoms with Gasteiger partial charge >= 0.3 is 0 Å². The number of furan rings is 2. The second-order valence-electron chi connectivity index (χ2n) is 4.66. The Morgan fingerprint density at radius 3 is 2.00 bits per heavy atom. The molecular weight excluding hydrogens is 336 g/mol. The van der Waals surface area contributed by atoms with Crippen molar-refractivity contribution in [1.29, 1.82) is 0 Å². The highest BCUT2D eigenvalue weighted by Crippen LogP contribution is 2.48. The third-order valence-corrected chi connectivity index (χ3v) is 5.38. The van der Waals surface area contributed by atoms with Crippen molar-refractivity contribution in [1.82, 2.24) is 0 Å². The molecule has 0 bridgehead atoms. The van der Waals surface area contributed by atoms with Crippen molar-refractivity contribution in [2.24, 2.45) is 0 Å². The maximum atomic E-state index is 10.1. The predicted octanol–water partition coefficient (Wildman–Crippen LogP) is 4.57. The standard InChI is InChI=1S/C16H14O5S2/c17-12-7-13(22-8-10-3-1-5-20-10)16(15(19)14(12)18)23-9-11-4-2-6-21-11/h1-7,17-19H,8-9H2. The van der Waals surface area contributed by atoms with Gasteiger partial charge in [0, 0.05) is 4.90 Å². The predicted molar refractivity (Wildman–Crippen MR) is 88.0 cm³/mol. The van der Waals surface area contributed by atoms with Crippen molar-refractivity contribution in [3.05, 3.63) is 54.4 Å². The van der Waals surface area contributed by atoms with Crippen molar-refractivity contribution in [3.63, 3.8) is 0 Å². The molecule has 23 heavy (non-hydrogen) atoms. The summed E-state index contributed by atoms with van der Waals surface area (Å²) in [6.45, 7) is 0. The Bertz CT molecular complexity index is 766. The first kappa shape index (κ1) is 15.8. The minimum absolute atomic E-state index is 0.330. The molecule has 0 unspecified atom stereocenters. The lowest BCUT2D eigenvalue weighted by atomic mass is 10.3. The molecule has 0 saturated carbocycles. The number of hydrogen-bond donors (Lipinski definition) is 3. The van der Waals surface area contributed by atoms with Crippen LogP contribution < -0.4 is 0 Å². The highest BCUT2D eigenvalue weighted by molar-refractivity contribution is 8.01. The summed E-state index contributed by atoms with van der Waals surface area (Å²) in [5, 5.41) is 29.6. The van der Waals surface area contributed by atoms with E-state index in [1.165, 1.54) is 29.6 Å². The number of hydrogen-bond acceptors (Lipinski definition) is 7. The molecule has 0 aliphatic heterocycles. The molecule has 7 heteroatoms. The Morgan fingerprint density at radius 1 is 0.826 bits per heavy atom. The first-order valence-electron chi connectivity index (χ1n) is 6.73. The Labute approximate surface area is 140 Å². The van der Waals surface area contributed by atoms with Gasteiger partial charge in [0.25, 0.3) is 0 Å². The van der Waals surface area contributed by atoms with Crippen LogP contribution in [0.3, 0.4) is 0 Å². The molecule has 0 spiro atoms. The first-order valence-corrected chi connectivity index (χ1v) is 8.70. The summed E-state index contributed by atoms with van der Waals surface area (Å²) in [4.78, 5) is 1.15. The van der Waals surface area contributed by atoms with Gasteiger partial charge in [0.15, 0.2) is 11.5 Å². The molecule has 2 heterocycles. The van der Waals surface area contributed by atoms with E-state index in [1.807, 2.05) is 12.1 Å². The van der Waals surface area contributed by atoms with Crippen LogP contribution in [0.15, 0.2) is 61.5 Å². The van der Waals surface area contributed by atoms with E-state index in [0.29, 0.717) is 21.3 Å². The van der Waals surface area contributed by atoms with E-state index in [0.717, 1.165) is 11.5 Å². The molecule has 1 aromatic carbocycles. The van der Waals surface area contributed by atoms with E-state index in [1.54, 1.807) is 24.7 Å². The third-order valence-electron chi connectivity index (χ3n) is 3.06. The summed E-state index contributed by atoms with van der Waals surface area (Å²) in [6.07, 6.45) is 3.17. The third kappa shape index (κ3) is 3.62. The maximum absolute atomic E-state index is 10.1. The Hall–Kier alpha value is -2.12. The fourth-order valence-corrected chi connectivity index (χ4v) is 4.06. The number of benzene rings is 1. The van der Waals surface area contributed by atoms with Crippen LogP contribution in [0.5, 0.6) is 17.2 Å². The molecule has 0 aliphatic carbocycles. The van der Waals surface area contributed by atoms with Crippen LogP contribution in [0.25, 0.3) is 0 Å². The van der Waals surface area contributed by atoms with E-state index in [-0.39, 0.29) is 11.5 Å². The van der Waals surface area contributed by atoms with E-state index in [9.17, 15) is 15.3 Å². The molecule has 0 radical (unpaired) electrons. The molecule has 5 nitrogen and oxygen atoms in total. The summed E-state index contributed by atoms with van der Waals surface area (Å²) in [5.74, 6) is 1.38. The Morgan fingerprint density at radius 2 is 1.43 bits per heavy atom. The van der Waals surface area contributed by atoms with E-state index < -0.39 is 5.75 Å². The van der Waals surface area contributed by atoms with E-state index >= 15 is 0 Å². The lowest BCUT2D eigenvalue weighted by molar-refractivity contribution is 0.359. The fraction of sp³-hybridized carbons (Fsp3) is 0.125. The monoisotopic (exact) mass is 350 g/mol. The van der Waals surface area contributed by atoms with Crippen LogP contribution >= 0.6 is 23.5 Å². The number of phenols is 3. The molecular formula is C16H14O5S2. The summed E-state index contributed by atoms with van der Waals surface area (Å²) in [7, 11) is 0. The zero-order valence-corrected chi connectivity index (χ0v) is 13.6. The number of rotatable bonds is 6. The summed E-state index contributed by atoms with van der Waals surface area (Å²) in [6, 6.07) is 8.71. The average Bonchev–Trinajstić information content (AvgIpc) is 3.23. The average molecular weight is 350 g/mol. The van der Waals surface area contributed by atoms with E-state index in [2.05, 4.69) is 0 Å². The van der Waals surface area contributed by atoms with Crippen molar-refractivity contribution < 1.29 is 24.2 Å². The van der Waals surface area contributed by atoms with Crippen LogP contribution in [0.4, 0.5) is 0 Å². The number of aromatic hydroxyl groups is 3. The Balaban J connectivity index is 1.83. The summed E-state index contributed by atoms with van der Waals surface area (Å²) in [5.41, 5.74) is 0. The first-order chi connectivity index (χ1) is 11.1. The summed E-state index contributed by atoms with van der Waals surface area (Å²) >= 11 is 2.73. The van der Waals surface area contributed by atoms with Gasteiger partial charge in [-0.25, -0.2) is 0 Å². The van der Waals surface area contributed by atoms with Crippen LogP contribution in [0.2, 0.25) is 0 Å². The zero-order chi connectivity index (χ0) is 16.2. The number of phenolic OH excluding ortho intramolecular Hbond substituents is 3. The highest BCUT2D eigenvalue weighted by atomic mass is 32.2. The smallest absolute Gasteiger partial charge is 0.201 e. The molecule has 0 fully saturated rings. The van der Waals surface area contributed by atoms with E-state index in [4.69, 9.17) is 8.83 Å². The van der Waals surface area contributed by atoms with Gasteiger partial charge in [0.1, 0.15) is 11.5 Å². The molecule has 0 saturated heterocycles. The minimum Gasteiger partial charge on any atom is -0.504 e. The van der Waals surface area contributed by atoms with Crippen LogP contribution in [-0.4, -0.2) is 15.3 Å². The second-order valence-corrected chi connectivity index (χ2v) is 6.66. The molecule has 120 valence electrons. The molecule has 0 atom stereocenters. The Kier molecular flexibility index (Phi) is 4.78. The molecule has 2 aromatic heterocycles. The maximum Gasteiger partial charge on any atom is 0.201 e. The second kappa shape index (κ2) is 6.97. The van der Waals surface area contributed by atoms with Gasteiger partial charge in [-0.1, -0.05) is 0 Å². The van der Waals surface area contributed by atoms with Gasteiger partial charge in [0.2, 0.25) is 5.75 Å². The van der Waals surface area contributed by atoms with Gasteiger partial charge in [-0.2, -0.15) is 0 Å². The molecule has 3 N–H and O–H groups in total. The SMILES string of the molecule is Oc1cc(SCc2ccco2)c(SCc2ccco2)c(O)c1O. The number of thioether (sulfide) groups is 2. The zero-order valence-electron chi connectivity index (χ0n) is 11.9. The summed E-state index contributed by atoms with van der Waals surface area (Å²) < 4.78 is 10.6. The van der Waals surface area contributed by atoms with Crippen molar-refractivity contribution >= 4 is 23.5 Å². The lowest BCUT2D eigenvalue weighted by Gasteiger charge is -2.12. The lowest BCUT2D eigenvalue weighted by Crippen LogP contribution is -1.86. The van der Waals surface area contributed by atoms with Gasteiger partial charge in [-0.15, -0.1) is 23.5 Å². The molecule has 0 aliphatic rings. The van der Waals surface area contributed by atoms with Gasteiger partial charge in [-0.3, -0.25) is 0 Å². The van der Waals surface area contributed by atoms with Crippen molar-refractivity contribution in [2.75, 3.05) is 0 Å². The topological polar surface area (TPSA) is 87.0 Å². The quantitative estimate of drug-likeness (QED) is 0.443. The molecule has 3 aromatic rings. The van der Waals surface area contributed by atoms with Crippen LogP contribution in [-0.2, 0) is 11.5 Å².